The minimum Gasteiger partial charge on any atom is -0.396 e. The van der Waals surface area contributed by atoms with Crippen molar-refractivity contribution in [2.24, 2.45) is 0 Å². The van der Waals surface area contributed by atoms with Crippen LogP contribution in [0.1, 0.15) is 32.1 Å². The normalized spacial score (nSPS) is 35.1. The minimum atomic E-state index is -0.591. The summed E-state index contributed by atoms with van der Waals surface area (Å²) in [7, 11) is 0. The van der Waals surface area contributed by atoms with Crippen LogP contribution in [0.25, 0.3) is 0 Å². The summed E-state index contributed by atoms with van der Waals surface area (Å²) in [5, 5.41) is 20.1. The molecule has 3 saturated heterocycles. The molecule has 0 aliphatic carbocycles. The summed E-state index contributed by atoms with van der Waals surface area (Å²) in [5.74, 6) is 0. The van der Waals surface area contributed by atoms with Crippen molar-refractivity contribution in [3.8, 4) is 0 Å². The number of ether oxygens (including phenoxy) is 1. The Morgan fingerprint density at radius 3 is 2.75 bits per heavy atom. The van der Waals surface area contributed by atoms with E-state index in [9.17, 15) is 10.2 Å². The minimum absolute atomic E-state index is 0.237. The van der Waals surface area contributed by atoms with E-state index in [0.29, 0.717) is 25.3 Å². The summed E-state index contributed by atoms with van der Waals surface area (Å²) in [5.41, 5.74) is -0.591. The molecule has 0 amide bonds. The highest BCUT2D eigenvalue weighted by Gasteiger charge is 2.40. The molecule has 0 spiro atoms. The molecule has 116 valence electrons. The van der Waals surface area contributed by atoms with E-state index in [-0.39, 0.29) is 6.61 Å². The van der Waals surface area contributed by atoms with E-state index < -0.39 is 5.60 Å². The molecule has 2 atom stereocenters. The van der Waals surface area contributed by atoms with Gasteiger partial charge in [0, 0.05) is 64.4 Å². The maximum absolute atomic E-state index is 10.8. The number of rotatable bonds is 4. The fourth-order valence-electron chi connectivity index (χ4n) is 4.05. The Labute approximate surface area is 121 Å². The van der Waals surface area contributed by atoms with Crippen LogP contribution in [0.5, 0.6) is 0 Å². The topological polar surface area (TPSA) is 56.2 Å². The summed E-state index contributed by atoms with van der Waals surface area (Å²) < 4.78 is 5.37. The zero-order chi connectivity index (χ0) is 14.0. The summed E-state index contributed by atoms with van der Waals surface area (Å²) in [6.45, 7) is 5.63. The number of nitrogens with zero attached hydrogens (tertiary/aromatic N) is 2. The molecule has 0 radical (unpaired) electrons. The van der Waals surface area contributed by atoms with Crippen molar-refractivity contribution in [2.75, 3.05) is 46.0 Å². The lowest BCUT2D eigenvalue weighted by atomic mass is 9.91. The van der Waals surface area contributed by atoms with Gasteiger partial charge < -0.3 is 14.9 Å². The van der Waals surface area contributed by atoms with Crippen molar-refractivity contribution in [1.29, 1.82) is 0 Å². The molecule has 3 fully saturated rings. The van der Waals surface area contributed by atoms with E-state index in [1.165, 1.54) is 19.4 Å². The lowest BCUT2D eigenvalue weighted by Crippen LogP contribution is -2.60. The van der Waals surface area contributed by atoms with Crippen LogP contribution in [-0.4, -0.2) is 83.7 Å². The first-order valence-corrected chi connectivity index (χ1v) is 8.09. The second-order valence-corrected chi connectivity index (χ2v) is 6.72. The van der Waals surface area contributed by atoms with Gasteiger partial charge >= 0.3 is 0 Å². The van der Waals surface area contributed by atoms with Crippen LogP contribution >= 0.6 is 0 Å². The first-order chi connectivity index (χ1) is 9.70. The Morgan fingerprint density at radius 1 is 1.20 bits per heavy atom. The second-order valence-electron chi connectivity index (χ2n) is 6.72. The van der Waals surface area contributed by atoms with Gasteiger partial charge in [-0.25, -0.2) is 0 Å². The van der Waals surface area contributed by atoms with E-state index in [1.54, 1.807) is 0 Å². The first kappa shape index (κ1) is 14.7. The number of piperazine rings is 1. The van der Waals surface area contributed by atoms with Gasteiger partial charge in [0.05, 0.1) is 5.60 Å². The lowest BCUT2D eigenvalue weighted by molar-refractivity contribution is -0.0968. The highest BCUT2D eigenvalue weighted by atomic mass is 16.5. The number of hydrogen-bond donors (Lipinski definition) is 2. The van der Waals surface area contributed by atoms with Gasteiger partial charge in [0.2, 0.25) is 0 Å². The predicted octanol–water partition coefficient (Wildman–Crippen LogP) is 0.0589. The van der Waals surface area contributed by atoms with Crippen LogP contribution in [-0.2, 0) is 4.74 Å². The van der Waals surface area contributed by atoms with E-state index in [0.717, 1.165) is 38.9 Å². The molecule has 3 rings (SSSR count). The number of aliphatic hydroxyl groups is 2. The number of aliphatic hydroxyl groups excluding tert-OH is 1. The molecule has 0 aromatic heterocycles. The predicted molar refractivity (Wildman–Crippen MR) is 76.7 cm³/mol. The lowest BCUT2D eigenvalue weighted by Gasteiger charge is -2.47. The summed E-state index contributed by atoms with van der Waals surface area (Å²) in [4.78, 5) is 5.01. The van der Waals surface area contributed by atoms with Crippen LogP contribution in [0.4, 0.5) is 0 Å². The van der Waals surface area contributed by atoms with Crippen LogP contribution in [0.3, 0.4) is 0 Å². The zero-order valence-electron chi connectivity index (χ0n) is 12.3. The van der Waals surface area contributed by atoms with Gasteiger partial charge in [-0.2, -0.15) is 0 Å². The molecule has 2 N–H and O–H groups in total. The summed E-state index contributed by atoms with van der Waals surface area (Å²) in [6.07, 6.45) is 4.87. The van der Waals surface area contributed by atoms with Gasteiger partial charge in [0.25, 0.3) is 0 Å². The molecule has 0 aromatic carbocycles. The molecule has 5 nitrogen and oxygen atoms in total. The van der Waals surface area contributed by atoms with Crippen molar-refractivity contribution >= 4 is 0 Å². The van der Waals surface area contributed by atoms with Gasteiger partial charge in [-0.15, -0.1) is 0 Å². The van der Waals surface area contributed by atoms with Gasteiger partial charge in [-0.3, -0.25) is 9.80 Å². The van der Waals surface area contributed by atoms with Gasteiger partial charge in [-0.05, 0) is 25.8 Å². The fraction of sp³-hybridized carbons (Fsp3) is 1.00. The van der Waals surface area contributed by atoms with Crippen molar-refractivity contribution in [3.05, 3.63) is 0 Å². The Morgan fingerprint density at radius 2 is 2.00 bits per heavy atom. The molecule has 1 unspecified atom stereocenters. The van der Waals surface area contributed by atoms with Crippen LogP contribution < -0.4 is 0 Å². The van der Waals surface area contributed by atoms with E-state index in [4.69, 9.17) is 4.74 Å². The van der Waals surface area contributed by atoms with Crippen molar-refractivity contribution in [1.82, 2.24) is 9.80 Å². The van der Waals surface area contributed by atoms with Crippen molar-refractivity contribution < 1.29 is 14.9 Å². The molecule has 0 aromatic rings. The Hall–Kier alpha value is -0.200. The van der Waals surface area contributed by atoms with Crippen LogP contribution in [0, 0.1) is 0 Å². The van der Waals surface area contributed by atoms with E-state index in [2.05, 4.69) is 9.80 Å². The second kappa shape index (κ2) is 6.28. The average molecular weight is 284 g/mol. The Bertz CT molecular complexity index is 320. The van der Waals surface area contributed by atoms with Crippen molar-refractivity contribution in [2.45, 2.75) is 49.8 Å². The van der Waals surface area contributed by atoms with E-state index in [1.807, 2.05) is 0 Å². The largest absolute Gasteiger partial charge is 0.396 e. The highest BCUT2D eigenvalue weighted by molar-refractivity contribution is 4.95. The zero-order valence-corrected chi connectivity index (χ0v) is 12.3. The van der Waals surface area contributed by atoms with E-state index >= 15 is 0 Å². The van der Waals surface area contributed by atoms with Gasteiger partial charge in [-0.1, -0.05) is 0 Å². The summed E-state index contributed by atoms with van der Waals surface area (Å²) >= 11 is 0. The highest BCUT2D eigenvalue weighted by Crippen LogP contribution is 2.29. The third-order valence-corrected chi connectivity index (χ3v) is 5.29. The third-order valence-electron chi connectivity index (χ3n) is 5.29. The monoisotopic (exact) mass is 284 g/mol. The molecule has 3 heterocycles. The first-order valence-electron chi connectivity index (χ1n) is 8.09. The van der Waals surface area contributed by atoms with Crippen LogP contribution in [0.15, 0.2) is 0 Å². The number of β-amino-alcohol motifs (C(OH)–C–C–N with tert-alkyl or cyclic N) is 1. The van der Waals surface area contributed by atoms with Crippen molar-refractivity contribution in [3.63, 3.8) is 0 Å². The number of fused-ring (bicyclic) bond motifs is 1. The molecular weight excluding hydrogens is 256 g/mol. The van der Waals surface area contributed by atoms with Crippen LogP contribution in [0.2, 0.25) is 0 Å². The molecular formula is C15H28N2O3. The number of hydrogen-bond acceptors (Lipinski definition) is 5. The maximum atomic E-state index is 10.8. The molecule has 0 saturated carbocycles. The standard InChI is InChI=1S/C15H28N2O3/c18-7-3-14-10-16-6-1-2-13(16)11-17(14)12-15(19)4-8-20-9-5-15/h13-14,18-19H,1-12H2/t13?,14-/m0/s1. The maximum Gasteiger partial charge on any atom is 0.0818 e. The Kier molecular flexibility index (Phi) is 4.62. The average Bonchev–Trinajstić information content (AvgIpc) is 2.87. The molecule has 20 heavy (non-hydrogen) atoms. The molecule has 3 aliphatic rings. The third kappa shape index (κ3) is 3.17. The van der Waals surface area contributed by atoms with Gasteiger partial charge in [0.15, 0.2) is 0 Å². The smallest absolute Gasteiger partial charge is 0.0818 e. The molecule has 5 heteroatoms. The Balaban J connectivity index is 1.65. The summed E-state index contributed by atoms with van der Waals surface area (Å²) in [6, 6.07) is 1.05. The van der Waals surface area contributed by atoms with Gasteiger partial charge in [0.1, 0.15) is 0 Å². The SMILES string of the molecule is OCC[C@H]1CN2CCCC2CN1CC1(O)CCOCC1. The fourth-order valence-corrected chi connectivity index (χ4v) is 4.05. The molecule has 3 aliphatic heterocycles. The quantitative estimate of drug-likeness (QED) is 0.764. The molecule has 0 bridgehead atoms.